The lowest BCUT2D eigenvalue weighted by atomic mass is 9.63. The number of amides is 1. The smallest absolute Gasteiger partial charge is 0.412 e. The normalized spacial score (nSPS) is 22.7. The molecular weight excluding hydrogens is 488 g/mol. The van der Waals surface area contributed by atoms with E-state index in [0.717, 1.165) is 50.6 Å². The van der Waals surface area contributed by atoms with E-state index < -0.39 is 6.09 Å². The molecule has 1 N–H and O–H groups in total. The maximum Gasteiger partial charge on any atom is 0.412 e. The van der Waals surface area contributed by atoms with Gasteiger partial charge in [-0.1, -0.05) is 81.5 Å². The van der Waals surface area contributed by atoms with E-state index in [1.165, 1.54) is 24.8 Å². The second kappa shape index (κ2) is 13.5. The van der Waals surface area contributed by atoms with Gasteiger partial charge in [0.25, 0.3) is 0 Å². The summed E-state index contributed by atoms with van der Waals surface area (Å²) in [5, 5.41) is 2.99. The molecule has 6 nitrogen and oxygen atoms in total. The zero-order valence-corrected chi connectivity index (χ0v) is 24.0. The van der Waals surface area contributed by atoms with Crippen LogP contribution in [0.5, 0.6) is 5.75 Å². The van der Waals surface area contributed by atoms with Crippen LogP contribution in [0.1, 0.15) is 82.3 Å². The molecule has 2 aromatic carbocycles. The van der Waals surface area contributed by atoms with Crippen molar-refractivity contribution in [2.24, 2.45) is 11.3 Å². The van der Waals surface area contributed by atoms with Crippen LogP contribution in [-0.2, 0) is 21.6 Å². The molecule has 4 rings (SSSR count). The molecule has 2 fully saturated rings. The van der Waals surface area contributed by atoms with E-state index in [9.17, 15) is 9.59 Å². The highest BCUT2D eigenvalue weighted by atomic mass is 16.6. The summed E-state index contributed by atoms with van der Waals surface area (Å²) in [4.78, 5) is 28.0. The molecule has 0 bridgehead atoms. The number of carbonyl (C=O) groups excluding carboxylic acids is 2. The van der Waals surface area contributed by atoms with Crippen molar-refractivity contribution in [1.29, 1.82) is 0 Å². The molecule has 2 atom stereocenters. The number of nitrogens with zero attached hydrogens (tertiary/aromatic N) is 1. The summed E-state index contributed by atoms with van der Waals surface area (Å²) in [6, 6.07) is 17.8. The highest BCUT2D eigenvalue weighted by Gasteiger charge is 2.39. The Morgan fingerprint density at radius 2 is 1.69 bits per heavy atom. The second-order valence-electron chi connectivity index (χ2n) is 12.3. The first kappa shape index (κ1) is 29.1. The van der Waals surface area contributed by atoms with E-state index in [-0.39, 0.29) is 23.4 Å². The van der Waals surface area contributed by atoms with Gasteiger partial charge in [-0.25, -0.2) is 4.79 Å². The minimum absolute atomic E-state index is 0.0602. The van der Waals surface area contributed by atoms with Crippen molar-refractivity contribution in [3.8, 4) is 5.75 Å². The Balaban J connectivity index is 1.35. The average Bonchev–Trinajstić information content (AvgIpc) is 2.93. The van der Waals surface area contributed by atoms with Crippen LogP contribution in [0.25, 0.3) is 0 Å². The van der Waals surface area contributed by atoms with E-state index in [1.54, 1.807) is 0 Å². The third kappa shape index (κ3) is 8.07. The molecule has 0 aliphatic heterocycles. The number of ether oxygens (including phenoxy) is 2. The number of carbonyl (C=O) groups is 2. The van der Waals surface area contributed by atoms with E-state index in [0.29, 0.717) is 24.6 Å². The molecule has 0 saturated heterocycles. The van der Waals surface area contributed by atoms with Gasteiger partial charge < -0.3 is 19.7 Å². The monoisotopic (exact) mass is 534 g/mol. The molecule has 212 valence electrons. The third-order valence-electron chi connectivity index (χ3n) is 8.97. The van der Waals surface area contributed by atoms with Gasteiger partial charge in [0.2, 0.25) is 0 Å². The van der Waals surface area contributed by atoms with Crippen molar-refractivity contribution in [3.05, 3.63) is 65.7 Å². The molecule has 2 aliphatic rings. The maximum atomic E-state index is 12.9. The first-order valence-electron chi connectivity index (χ1n) is 14.7. The van der Waals surface area contributed by atoms with Crippen LogP contribution in [-0.4, -0.2) is 44.1 Å². The van der Waals surface area contributed by atoms with Crippen molar-refractivity contribution in [3.63, 3.8) is 0 Å². The maximum absolute atomic E-state index is 12.9. The lowest BCUT2D eigenvalue weighted by Crippen LogP contribution is -2.42. The quantitative estimate of drug-likeness (QED) is 0.337. The first-order valence-corrected chi connectivity index (χ1v) is 14.7. The number of benzene rings is 2. The highest BCUT2D eigenvalue weighted by molar-refractivity contribution is 5.72. The first-order chi connectivity index (χ1) is 18.8. The van der Waals surface area contributed by atoms with E-state index in [4.69, 9.17) is 9.47 Å². The van der Waals surface area contributed by atoms with Crippen LogP contribution in [0.3, 0.4) is 0 Å². The number of nitrogens with one attached hydrogen (secondary N) is 1. The second-order valence-corrected chi connectivity index (χ2v) is 12.3. The van der Waals surface area contributed by atoms with Crippen molar-refractivity contribution in [2.75, 3.05) is 27.2 Å². The van der Waals surface area contributed by atoms with Crippen molar-refractivity contribution in [1.82, 2.24) is 10.2 Å². The van der Waals surface area contributed by atoms with Crippen LogP contribution >= 0.6 is 0 Å². The summed E-state index contributed by atoms with van der Waals surface area (Å²) in [5.41, 5.74) is 1.99. The third-order valence-corrected chi connectivity index (χ3v) is 8.97. The molecule has 39 heavy (non-hydrogen) atoms. The molecule has 0 heterocycles. The van der Waals surface area contributed by atoms with Crippen molar-refractivity contribution in [2.45, 2.75) is 83.2 Å². The van der Waals surface area contributed by atoms with Gasteiger partial charge in [0.15, 0.2) is 0 Å². The summed E-state index contributed by atoms with van der Waals surface area (Å²) in [6.45, 7) is 4.10. The van der Waals surface area contributed by atoms with Crippen LogP contribution < -0.4 is 10.1 Å². The van der Waals surface area contributed by atoms with Crippen LogP contribution in [0.15, 0.2) is 54.6 Å². The topological polar surface area (TPSA) is 67.9 Å². The highest BCUT2D eigenvalue weighted by Crippen LogP contribution is 2.44. The number of hydrogen-bond acceptors (Lipinski definition) is 5. The molecule has 6 heteroatoms. The van der Waals surface area contributed by atoms with Gasteiger partial charge >= 0.3 is 12.1 Å². The lowest BCUT2D eigenvalue weighted by Gasteiger charge is -2.43. The fourth-order valence-corrected chi connectivity index (χ4v) is 6.65. The Bertz CT molecular complexity index is 1080. The molecule has 2 aliphatic carbocycles. The Kier molecular flexibility index (Phi) is 10.1. The predicted molar refractivity (Wildman–Crippen MR) is 155 cm³/mol. The molecule has 0 spiro atoms. The summed E-state index contributed by atoms with van der Waals surface area (Å²) in [7, 11) is 4.28. The predicted octanol–water partition coefficient (Wildman–Crippen LogP) is 6.87. The van der Waals surface area contributed by atoms with Gasteiger partial charge in [-0.15, -0.1) is 0 Å². The minimum atomic E-state index is -0.464. The molecule has 1 amide bonds. The van der Waals surface area contributed by atoms with Gasteiger partial charge in [-0.05, 0) is 79.8 Å². The fraction of sp³-hybridized carbons (Fsp3) is 0.576. The largest absolute Gasteiger partial charge is 0.461 e. The van der Waals surface area contributed by atoms with E-state index >= 15 is 0 Å². The Hall–Kier alpha value is -2.86. The zero-order valence-electron chi connectivity index (χ0n) is 24.0. The number of hydrogen-bond donors (Lipinski definition) is 1. The van der Waals surface area contributed by atoms with Crippen LogP contribution in [0, 0.1) is 11.3 Å². The zero-order chi connectivity index (χ0) is 27.7. The van der Waals surface area contributed by atoms with Gasteiger partial charge in [0.05, 0.1) is 6.42 Å². The van der Waals surface area contributed by atoms with Gasteiger partial charge in [0.1, 0.15) is 12.4 Å². The molecule has 2 aromatic rings. The van der Waals surface area contributed by atoms with E-state index in [1.807, 2.05) is 48.5 Å². The molecule has 0 aromatic heterocycles. The van der Waals surface area contributed by atoms with E-state index in [2.05, 4.69) is 37.3 Å². The Morgan fingerprint density at radius 1 is 0.949 bits per heavy atom. The SMILES string of the molecule is CN(C)CC1CCCCC1(C)c1cccc(OC(=O)NCC2(CC(=O)OCc3ccccc3)CCCCC2)c1. The van der Waals surface area contributed by atoms with Crippen molar-refractivity contribution >= 4 is 12.1 Å². The number of esters is 1. The van der Waals surface area contributed by atoms with Crippen LogP contribution in [0.4, 0.5) is 4.79 Å². The fourth-order valence-electron chi connectivity index (χ4n) is 6.65. The molecule has 0 radical (unpaired) electrons. The molecule has 2 unspecified atom stereocenters. The van der Waals surface area contributed by atoms with Gasteiger partial charge in [-0.2, -0.15) is 0 Å². The summed E-state index contributed by atoms with van der Waals surface area (Å²) in [5.74, 6) is 0.926. The summed E-state index contributed by atoms with van der Waals surface area (Å²) >= 11 is 0. The minimum Gasteiger partial charge on any atom is -0.461 e. The summed E-state index contributed by atoms with van der Waals surface area (Å²) in [6.07, 6.45) is 9.76. The molecular formula is C33H46N2O4. The Labute approximate surface area is 234 Å². The summed E-state index contributed by atoms with van der Waals surface area (Å²) < 4.78 is 11.4. The number of rotatable bonds is 10. The van der Waals surface area contributed by atoms with Gasteiger partial charge in [0, 0.05) is 13.1 Å². The van der Waals surface area contributed by atoms with Crippen LogP contribution in [0.2, 0.25) is 0 Å². The Morgan fingerprint density at radius 3 is 2.44 bits per heavy atom. The lowest BCUT2D eigenvalue weighted by molar-refractivity contribution is -0.148. The van der Waals surface area contributed by atoms with Crippen molar-refractivity contribution < 1.29 is 19.1 Å². The molecule has 2 saturated carbocycles. The van der Waals surface area contributed by atoms with Gasteiger partial charge in [-0.3, -0.25) is 4.79 Å². The standard InChI is InChI=1S/C33H46N2O4/c1-32(18-11-8-15-28(32)23-35(2)3)27-16-12-17-29(21-27)39-31(37)34-25-33(19-9-5-10-20-33)22-30(36)38-24-26-13-6-4-7-14-26/h4,6-7,12-14,16-17,21,28H,5,8-11,15,18-20,22-25H2,1-3H3,(H,34,37). The average molecular weight is 535 g/mol.